The van der Waals surface area contributed by atoms with Crippen molar-refractivity contribution in [1.82, 2.24) is 15.5 Å². The van der Waals surface area contributed by atoms with Crippen molar-refractivity contribution in [3.05, 3.63) is 35.2 Å². The molecule has 1 fully saturated rings. The number of nitrogens with zero attached hydrogens (tertiary/aromatic N) is 2. The van der Waals surface area contributed by atoms with Crippen molar-refractivity contribution in [2.24, 2.45) is 11.3 Å². The van der Waals surface area contributed by atoms with Crippen molar-refractivity contribution in [1.29, 1.82) is 0 Å². The number of benzene rings is 1. The van der Waals surface area contributed by atoms with Gasteiger partial charge >= 0.3 is 0 Å². The lowest BCUT2D eigenvalue weighted by Gasteiger charge is -2.40. The van der Waals surface area contributed by atoms with Gasteiger partial charge in [-0.25, -0.2) is 0 Å². The molecule has 1 aliphatic carbocycles. The van der Waals surface area contributed by atoms with Gasteiger partial charge in [-0.05, 0) is 36.3 Å². The van der Waals surface area contributed by atoms with Crippen molar-refractivity contribution in [3.63, 3.8) is 0 Å². The maximum atomic E-state index is 6.19. The first-order valence-electron chi connectivity index (χ1n) is 8.76. The SMILES string of the molecule is CC(C)(C)C1CCCCC1NCc1nnc(-c2ccccc2Cl)o1. The second kappa shape index (κ2) is 7.24. The molecule has 1 aromatic heterocycles. The molecule has 2 aromatic rings. The fourth-order valence-corrected chi connectivity index (χ4v) is 3.92. The molecule has 1 heterocycles. The largest absolute Gasteiger partial charge is 0.419 e. The standard InChI is InChI=1S/C19H26ClN3O/c1-19(2,3)14-9-5-7-11-16(14)21-12-17-22-23-18(24-17)13-8-4-6-10-15(13)20/h4,6,8,10,14,16,21H,5,7,9,11-12H2,1-3H3. The molecular formula is C19H26ClN3O. The Morgan fingerprint density at radius 1 is 1.17 bits per heavy atom. The van der Waals surface area contributed by atoms with E-state index in [4.69, 9.17) is 16.0 Å². The third-order valence-electron chi connectivity index (χ3n) is 4.96. The predicted octanol–water partition coefficient (Wildman–Crippen LogP) is 5.08. The molecule has 1 aliphatic rings. The maximum Gasteiger partial charge on any atom is 0.249 e. The Morgan fingerprint density at radius 3 is 2.67 bits per heavy atom. The van der Waals surface area contributed by atoms with Crippen molar-refractivity contribution in [2.45, 2.75) is 59.0 Å². The van der Waals surface area contributed by atoms with Gasteiger partial charge in [0.1, 0.15) is 0 Å². The zero-order valence-corrected chi connectivity index (χ0v) is 15.4. The summed E-state index contributed by atoms with van der Waals surface area (Å²) in [5.41, 5.74) is 1.10. The van der Waals surface area contributed by atoms with Crippen LogP contribution in [0.25, 0.3) is 11.5 Å². The van der Waals surface area contributed by atoms with E-state index in [9.17, 15) is 0 Å². The van der Waals surface area contributed by atoms with E-state index in [1.807, 2.05) is 24.3 Å². The third-order valence-corrected chi connectivity index (χ3v) is 5.29. The summed E-state index contributed by atoms with van der Waals surface area (Å²) in [7, 11) is 0. The Balaban J connectivity index is 1.66. The molecule has 0 radical (unpaired) electrons. The van der Waals surface area contributed by atoms with E-state index in [-0.39, 0.29) is 0 Å². The number of rotatable bonds is 4. The van der Waals surface area contributed by atoms with Crippen LogP contribution in [0.2, 0.25) is 5.02 Å². The summed E-state index contributed by atoms with van der Waals surface area (Å²) in [5.74, 6) is 1.77. The smallest absolute Gasteiger partial charge is 0.249 e. The molecule has 0 spiro atoms. The molecule has 1 aromatic carbocycles. The van der Waals surface area contributed by atoms with Gasteiger partial charge in [-0.15, -0.1) is 10.2 Å². The number of halogens is 1. The Hall–Kier alpha value is -1.39. The minimum atomic E-state index is 0.315. The fourth-order valence-electron chi connectivity index (χ4n) is 3.70. The highest BCUT2D eigenvalue weighted by molar-refractivity contribution is 6.33. The zero-order valence-electron chi connectivity index (χ0n) is 14.7. The molecule has 4 nitrogen and oxygen atoms in total. The highest BCUT2D eigenvalue weighted by Crippen LogP contribution is 2.38. The van der Waals surface area contributed by atoms with Gasteiger partial charge in [0, 0.05) is 6.04 Å². The van der Waals surface area contributed by atoms with Crippen molar-refractivity contribution in [2.75, 3.05) is 0 Å². The van der Waals surface area contributed by atoms with E-state index in [1.54, 1.807) is 0 Å². The Kier molecular flexibility index (Phi) is 5.26. The number of aromatic nitrogens is 2. The van der Waals surface area contributed by atoms with Crippen molar-refractivity contribution >= 4 is 11.6 Å². The van der Waals surface area contributed by atoms with E-state index >= 15 is 0 Å². The van der Waals surface area contributed by atoms with Gasteiger partial charge in [0.15, 0.2) is 0 Å². The van der Waals surface area contributed by atoms with Crippen LogP contribution in [0.1, 0.15) is 52.3 Å². The van der Waals surface area contributed by atoms with Crippen LogP contribution in [0.15, 0.2) is 28.7 Å². The first kappa shape index (κ1) is 17.4. The van der Waals surface area contributed by atoms with Gasteiger partial charge in [-0.2, -0.15) is 0 Å². The fraction of sp³-hybridized carbons (Fsp3) is 0.579. The first-order valence-corrected chi connectivity index (χ1v) is 9.13. The normalized spacial score (nSPS) is 21.8. The van der Waals surface area contributed by atoms with Gasteiger partial charge in [0.05, 0.1) is 17.1 Å². The topological polar surface area (TPSA) is 51.0 Å². The molecule has 24 heavy (non-hydrogen) atoms. The number of hydrogen-bond donors (Lipinski definition) is 1. The van der Waals surface area contributed by atoms with E-state index in [2.05, 4.69) is 36.3 Å². The van der Waals surface area contributed by atoms with E-state index < -0.39 is 0 Å². The minimum Gasteiger partial charge on any atom is -0.419 e. The molecule has 130 valence electrons. The van der Waals surface area contributed by atoms with E-state index in [0.717, 1.165) is 5.56 Å². The molecule has 2 unspecified atom stereocenters. The summed E-state index contributed by atoms with van der Waals surface area (Å²) < 4.78 is 5.79. The lowest BCUT2D eigenvalue weighted by molar-refractivity contribution is 0.128. The molecule has 0 saturated heterocycles. The monoisotopic (exact) mass is 347 g/mol. The van der Waals surface area contributed by atoms with Crippen molar-refractivity contribution in [3.8, 4) is 11.5 Å². The lowest BCUT2D eigenvalue weighted by atomic mass is 9.69. The summed E-state index contributed by atoms with van der Waals surface area (Å²) in [4.78, 5) is 0. The summed E-state index contributed by atoms with van der Waals surface area (Å²) in [6, 6.07) is 8.03. The van der Waals surface area contributed by atoms with Crippen LogP contribution >= 0.6 is 11.6 Å². The zero-order chi connectivity index (χ0) is 17.2. The Labute approximate surface area is 149 Å². The lowest BCUT2D eigenvalue weighted by Crippen LogP contribution is -2.43. The average Bonchev–Trinajstić information content (AvgIpc) is 3.01. The second-order valence-electron chi connectivity index (χ2n) is 7.73. The number of nitrogens with one attached hydrogen (secondary N) is 1. The van der Waals surface area contributed by atoms with Gasteiger partial charge < -0.3 is 9.73 Å². The van der Waals surface area contributed by atoms with Crippen LogP contribution in [0.4, 0.5) is 0 Å². The summed E-state index contributed by atoms with van der Waals surface area (Å²) in [6.45, 7) is 7.61. The van der Waals surface area contributed by atoms with Crippen LogP contribution in [-0.2, 0) is 6.54 Å². The van der Waals surface area contributed by atoms with E-state index in [1.165, 1.54) is 25.7 Å². The molecule has 3 rings (SSSR count). The Bertz CT molecular complexity index is 677. The molecule has 1 N–H and O–H groups in total. The van der Waals surface area contributed by atoms with Crippen LogP contribution in [0, 0.1) is 11.3 Å². The molecule has 0 bridgehead atoms. The van der Waals surface area contributed by atoms with Crippen LogP contribution < -0.4 is 5.32 Å². The van der Waals surface area contributed by atoms with E-state index in [0.29, 0.717) is 40.7 Å². The summed E-state index contributed by atoms with van der Waals surface area (Å²) >= 11 is 6.19. The minimum absolute atomic E-state index is 0.315. The number of hydrogen-bond acceptors (Lipinski definition) is 4. The van der Waals surface area contributed by atoms with Gasteiger partial charge in [0.25, 0.3) is 0 Å². The molecule has 0 amide bonds. The molecule has 0 aliphatic heterocycles. The van der Waals surface area contributed by atoms with Gasteiger partial charge in [-0.3, -0.25) is 0 Å². The summed E-state index contributed by atoms with van der Waals surface area (Å²) in [5, 5.41) is 12.6. The van der Waals surface area contributed by atoms with Gasteiger partial charge in [-0.1, -0.05) is 57.3 Å². The van der Waals surface area contributed by atoms with Crippen LogP contribution in [-0.4, -0.2) is 16.2 Å². The molecule has 5 heteroatoms. The average molecular weight is 348 g/mol. The second-order valence-corrected chi connectivity index (χ2v) is 8.13. The van der Waals surface area contributed by atoms with Crippen LogP contribution in [0.5, 0.6) is 0 Å². The third kappa shape index (κ3) is 3.98. The first-order chi connectivity index (χ1) is 11.4. The Morgan fingerprint density at radius 2 is 1.92 bits per heavy atom. The van der Waals surface area contributed by atoms with Crippen LogP contribution in [0.3, 0.4) is 0 Å². The quantitative estimate of drug-likeness (QED) is 0.837. The molecule has 1 saturated carbocycles. The van der Waals surface area contributed by atoms with Crippen molar-refractivity contribution < 1.29 is 4.42 Å². The highest BCUT2D eigenvalue weighted by atomic mass is 35.5. The molecular weight excluding hydrogens is 322 g/mol. The summed E-state index contributed by atoms with van der Waals surface area (Å²) in [6.07, 6.45) is 5.12. The molecule has 2 atom stereocenters. The predicted molar refractivity (Wildman–Crippen MR) is 96.8 cm³/mol. The maximum absolute atomic E-state index is 6.19. The van der Waals surface area contributed by atoms with Gasteiger partial charge in [0.2, 0.25) is 11.8 Å². The highest BCUT2D eigenvalue weighted by Gasteiger charge is 2.33.